The number of furan rings is 1. The summed E-state index contributed by atoms with van der Waals surface area (Å²) >= 11 is 0. The summed E-state index contributed by atoms with van der Waals surface area (Å²) in [7, 11) is 0. The normalized spacial score (nSPS) is 20.3. The van der Waals surface area contributed by atoms with Crippen LogP contribution in [0.5, 0.6) is 0 Å². The van der Waals surface area contributed by atoms with Gasteiger partial charge < -0.3 is 14.7 Å². The van der Waals surface area contributed by atoms with Gasteiger partial charge in [0.25, 0.3) is 0 Å². The minimum Gasteiger partial charge on any atom is -0.784 e. The molecule has 1 aliphatic rings. The number of carbonyl (C=O) groups excluding carboxylic acids is 1. The molecule has 4 heteroatoms. The number of benzene rings is 1. The summed E-state index contributed by atoms with van der Waals surface area (Å²) in [5.74, 6) is 0.267. The third-order valence-electron chi connectivity index (χ3n) is 4.34. The van der Waals surface area contributed by atoms with Gasteiger partial charge in [-0.15, -0.1) is 0 Å². The fraction of sp³-hybridized carbons (Fsp3) is 0.438. The number of hydrogen-bond acceptors (Lipinski definition) is 4. The highest BCUT2D eigenvalue weighted by molar-refractivity contribution is 5.96. The first-order valence-electron chi connectivity index (χ1n) is 6.72. The van der Waals surface area contributed by atoms with Crippen molar-refractivity contribution in [1.82, 2.24) is 5.06 Å². The molecule has 0 atom stereocenters. The number of Topliss-reactive ketones (excluding diaryl/α,β-unsaturated/α-hetero) is 1. The van der Waals surface area contributed by atoms with E-state index in [0.717, 1.165) is 21.6 Å². The van der Waals surface area contributed by atoms with Crippen LogP contribution in [0, 0.1) is 5.21 Å². The third kappa shape index (κ3) is 1.52. The van der Waals surface area contributed by atoms with Crippen LogP contribution >= 0.6 is 0 Å². The standard InChI is InChI=1S/C16H18NO3/c1-9(18)13-7-10-6-11-12(8-14(10)20-13)16(4,5)17(19)15(11,2)3/h6-8H,1-5H3/q-1. The molecule has 0 N–H and O–H groups in total. The second kappa shape index (κ2) is 3.71. The monoisotopic (exact) mass is 272 g/mol. The van der Waals surface area contributed by atoms with E-state index in [-0.39, 0.29) is 5.78 Å². The molecule has 0 amide bonds. The van der Waals surface area contributed by atoms with Crippen molar-refractivity contribution in [1.29, 1.82) is 0 Å². The van der Waals surface area contributed by atoms with Crippen molar-refractivity contribution >= 4 is 16.8 Å². The van der Waals surface area contributed by atoms with Crippen LogP contribution in [0.1, 0.15) is 56.3 Å². The Morgan fingerprint density at radius 3 is 2.20 bits per heavy atom. The van der Waals surface area contributed by atoms with Crippen LogP contribution in [-0.2, 0) is 11.1 Å². The van der Waals surface area contributed by atoms with E-state index in [1.807, 2.05) is 39.8 Å². The van der Waals surface area contributed by atoms with Gasteiger partial charge >= 0.3 is 0 Å². The predicted molar refractivity (Wildman–Crippen MR) is 77.5 cm³/mol. The largest absolute Gasteiger partial charge is 0.784 e. The Morgan fingerprint density at radius 2 is 1.65 bits per heavy atom. The van der Waals surface area contributed by atoms with Crippen LogP contribution in [-0.4, -0.2) is 10.8 Å². The highest BCUT2D eigenvalue weighted by Gasteiger charge is 2.44. The second-order valence-corrected chi connectivity index (χ2v) is 6.51. The smallest absolute Gasteiger partial charge is 0.194 e. The van der Waals surface area contributed by atoms with Gasteiger partial charge in [-0.25, -0.2) is 0 Å². The fourth-order valence-corrected chi connectivity index (χ4v) is 3.19. The molecule has 2 aromatic rings. The Balaban J connectivity index is 2.31. The Hall–Kier alpha value is -1.65. The van der Waals surface area contributed by atoms with Crippen molar-refractivity contribution in [3.8, 4) is 0 Å². The molecule has 1 aliphatic heterocycles. The van der Waals surface area contributed by atoms with Crippen molar-refractivity contribution in [2.45, 2.75) is 45.7 Å². The molecular weight excluding hydrogens is 254 g/mol. The molecule has 0 fully saturated rings. The first kappa shape index (κ1) is 13.3. The van der Waals surface area contributed by atoms with E-state index in [4.69, 9.17) is 4.42 Å². The van der Waals surface area contributed by atoms with E-state index in [1.54, 1.807) is 6.07 Å². The Labute approximate surface area is 117 Å². The van der Waals surface area contributed by atoms with Gasteiger partial charge in [-0.05, 0) is 57.0 Å². The number of rotatable bonds is 1. The summed E-state index contributed by atoms with van der Waals surface area (Å²) in [4.78, 5) is 11.4. The van der Waals surface area contributed by atoms with E-state index < -0.39 is 11.1 Å². The van der Waals surface area contributed by atoms with Gasteiger partial charge in [-0.1, -0.05) is 0 Å². The minimum atomic E-state index is -0.601. The van der Waals surface area contributed by atoms with Crippen LogP contribution in [0.2, 0.25) is 0 Å². The zero-order chi connectivity index (χ0) is 14.9. The SMILES string of the molecule is CC(=O)c1cc2cc3c(cc2o1)C(C)(C)N([O-])C3(C)C. The van der Waals surface area contributed by atoms with Crippen LogP contribution in [0.3, 0.4) is 0 Å². The molecule has 106 valence electrons. The lowest BCUT2D eigenvalue weighted by molar-refractivity contribution is 0.0989. The van der Waals surface area contributed by atoms with Crippen molar-refractivity contribution in [2.75, 3.05) is 0 Å². The molecule has 20 heavy (non-hydrogen) atoms. The number of hydroxylamine groups is 2. The van der Waals surface area contributed by atoms with Crippen molar-refractivity contribution in [3.05, 3.63) is 40.3 Å². The van der Waals surface area contributed by atoms with Gasteiger partial charge in [0, 0.05) is 23.4 Å². The Bertz CT molecular complexity index is 672. The van der Waals surface area contributed by atoms with Crippen LogP contribution in [0.15, 0.2) is 22.6 Å². The van der Waals surface area contributed by atoms with E-state index in [9.17, 15) is 10.0 Å². The van der Waals surface area contributed by atoms with Crippen LogP contribution in [0.4, 0.5) is 0 Å². The van der Waals surface area contributed by atoms with Gasteiger partial charge in [-0.2, -0.15) is 0 Å². The van der Waals surface area contributed by atoms with Crippen molar-refractivity contribution in [2.24, 2.45) is 0 Å². The summed E-state index contributed by atoms with van der Waals surface area (Å²) < 4.78 is 5.58. The molecule has 0 aliphatic carbocycles. The first-order valence-corrected chi connectivity index (χ1v) is 6.72. The quantitative estimate of drug-likeness (QED) is 0.738. The van der Waals surface area contributed by atoms with E-state index in [2.05, 4.69) is 0 Å². The number of ketones is 1. The maximum atomic E-state index is 12.5. The predicted octanol–water partition coefficient (Wildman–Crippen LogP) is 3.92. The maximum absolute atomic E-state index is 12.5. The molecule has 0 saturated heterocycles. The molecule has 2 heterocycles. The maximum Gasteiger partial charge on any atom is 0.194 e. The minimum absolute atomic E-state index is 0.0923. The second-order valence-electron chi connectivity index (χ2n) is 6.51. The molecule has 1 aromatic heterocycles. The Kier molecular flexibility index (Phi) is 2.48. The highest BCUT2D eigenvalue weighted by Crippen LogP contribution is 2.49. The first-order chi connectivity index (χ1) is 9.15. The van der Waals surface area contributed by atoms with Crippen molar-refractivity contribution < 1.29 is 9.21 Å². The molecule has 4 nitrogen and oxygen atoms in total. The molecule has 0 unspecified atom stereocenters. The summed E-state index contributed by atoms with van der Waals surface area (Å²) in [5.41, 5.74) is 1.44. The zero-order valence-electron chi connectivity index (χ0n) is 12.4. The number of nitrogens with zero attached hydrogens (tertiary/aromatic N) is 1. The topological polar surface area (TPSA) is 56.5 Å². The molecule has 1 aromatic carbocycles. The average molecular weight is 272 g/mol. The summed E-state index contributed by atoms with van der Waals surface area (Å²) in [6, 6.07) is 5.62. The van der Waals surface area contributed by atoms with Gasteiger partial charge in [0.15, 0.2) is 11.5 Å². The van der Waals surface area contributed by atoms with E-state index in [1.165, 1.54) is 6.92 Å². The number of fused-ring (bicyclic) bond motifs is 2. The van der Waals surface area contributed by atoms with Crippen LogP contribution in [0.25, 0.3) is 11.0 Å². The summed E-state index contributed by atoms with van der Waals surface area (Å²) in [5, 5.41) is 14.5. The van der Waals surface area contributed by atoms with Gasteiger partial charge in [0.2, 0.25) is 0 Å². The average Bonchev–Trinajstić information content (AvgIpc) is 2.83. The number of hydrogen-bond donors (Lipinski definition) is 0. The Morgan fingerprint density at radius 1 is 1.10 bits per heavy atom. The van der Waals surface area contributed by atoms with E-state index in [0.29, 0.717) is 11.3 Å². The lowest BCUT2D eigenvalue weighted by atomic mass is 9.90. The zero-order valence-corrected chi connectivity index (χ0v) is 12.4. The molecule has 0 spiro atoms. The molecule has 0 bridgehead atoms. The van der Waals surface area contributed by atoms with Crippen LogP contribution < -0.4 is 0 Å². The third-order valence-corrected chi connectivity index (χ3v) is 4.34. The number of carbonyl (C=O) groups is 1. The molecule has 0 radical (unpaired) electrons. The van der Waals surface area contributed by atoms with E-state index >= 15 is 0 Å². The highest BCUT2D eigenvalue weighted by atomic mass is 16.5. The van der Waals surface area contributed by atoms with Gasteiger partial charge in [0.1, 0.15) is 5.58 Å². The molecule has 3 rings (SSSR count). The molecule has 0 saturated carbocycles. The summed E-state index contributed by atoms with van der Waals surface area (Å²) in [6.07, 6.45) is 0. The van der Waals surface area contributed by atoms with Gasteiger partial charge in [-0.3, -0.25) is 4.79 Å². The van der Waals surface area contributed by atoms with Crippen molar-refractivity contribution in [3.63, 3.8) is 0 Å². The fourth-order valence-electron chi connectivity index (χ4n) is 3.19. The van der Waals surface area contributed by atoms with Gasteiger partial charge in [0.05, 0.1) is 0 Å². The lowest BCUT2D eigenvalue weighted by Crippen LogP contribution is -2.40. The summed E-state index contributed by atoms with van der Waals surface area (Å²) in [6.45, 7) is 9.15. The molecular formula is C16H18NO3-. The lowest BCUT2D eigenvalue weighted by Gasteiger charge is -2.46.